The zero-order valence-corrected chi connectivity index (χ0v) is 13.1. The van der Waals surface area contributed by atoms with Crippen molar-refractivity contribution in [2.45, 2.75) is 23.6 Å². The molecule has 0 bridgehead atoms. The molecular weight excluding hydrogens is 329 g/mol. The van der Waals surface area contributed by atoms with Crippen molar-refractivity contribution in [2.24, 2.45) is 0 Å². The molecule has 5 nitrogen and oxygen atoms in total. The van der Waals surface area contributed by atoms with Crippen molar-refractivity contribution in [1.82, 2.24) is 4.72 Å². The molecule has 0 unspecified atom stereocenters. The van der Waals surface area contributed by atoms with E-state index < -0.39 is 34.7 Å². The summed E-state index contributed by atoms with van der Waals surface area (Å²) in [6.45, 7) is 3.59. The van der Waals surface area contributed by atoms with Gasteiger partial charge in [0.15, 0.2) is 0 Å². The van der Waals surface area contributed by atoms with Crippen LogP contribution in [0.3, 0.4) is 0 Å². The van der Waals surface area contributed by atoms with Gasteiger partial charge in [-0.3, -0.25) is 0 Å². The Hall–Kier alpha value is -0.960. The lowest BCUT2D eigenvalue weighted by Crippen LogP contribution is -2.25. The van der Waals surface area contributed by atoms with Gasteiger partial charge in [-0.1, -0.05) is 11.6 Å². The lowest BCUT2D eigenvalue weighted by molar-refractivity contribution is 0.556. The van der Waals surface area contributed by atoms with Crippen molar-refractivity contribution in [2.75, 3.05) is 6.54 Å². The lowest BCUT2D eigenvalue weighted by atomic mass is 10.3. The zero-order valence-electron chi connectivity index (χ0n) is 10.7. The predicted octanol–water partition coefficient (Wildman–Crippen LogP) is 2.00. The monoisotopic (exact) mass is 341 g/mol. The highest BCUT2D eigenvalue weighted by Gasteiger charge is 2.21. The van der Waals surface area contributed by atoms with Gasteiger partial charge in [0.2, 0.25) is 10.0 Å². The van der Waals surface area contributed by atoms with Crippen LogP contribution < -0.4 is 4.72 Å². The van der Waals surface area contributed by atoms with E-state index in [0.717, 1.165) is 17.7 Å². The van der Waals surface area contributed by atoms with E-state index in [2.05, 4.69) is 4.72 Å². The molecule has 1 aromatic rings. The van der Waals surface area contributed by atoms with Crippen molar-refractivity contribution in [3.63, 3.8) is 0 Å². The van der Waals surface area contributed by atoms with E-state index >= 15 is 0 Å². The molecule has 0 amide bonds. The molecule has 0 heterocycles. The first-order valence-corrected chi connectivity index (χ1v) is 9.20. The van der Waals surface area contributed by atoms with Crippen molar-refractivity contribution in [3.05, 3.63) is 35.7 Å². The molecule has 1 rings (SSSR count). The van der Waals surface area contributed by atoms with Crippen LogP contribution >= 0.6 is 10.7 Å². The highest BCUT2D eigenvalue weighted by Crippen LogP contribution is 2.21. The number of benzene rings is 1. The van der Waals surface area contributed by atoms with Crippen LogP contribution in [-0.2, 0) is 19.1 Å². The third-order valence-electron chi connectivity index (χ3n) is 2.26. The molecule has 112 valence electrons. The minimum Gasteiger partial charge on any atom is -0.207 e. The number of sulfonamides is 1. The minimum absolute atomic E-state index is 0.0136. The van der Waals surface area contributed by atoms with Gasteiger partial charge in [0.25, 0.3) is 9.05 Å². The fourth-order valence-corrected chi connectivity index (χ4v) is 3.07. The summed E-state index contributed by atoms with van der Waals surface area (Å²) >= 11 is 0. The molecule has 0 aromatic heterocycles. The molecule has 0 spiro atoms. The molecule has 9 heteroatoms. The van der Waals surface area contributed by atoms with Crippen LogP contribution in [0.5, 0.6) is 0 Å². The maximum atomic E-state index is 13.7. The van der Waals surface area contributed by atoms with Gasteiger partial charge in [0, 0.05) is 17.2 Å². The Morgan fingerprint density at radius 2 is 1.90 bits per heavy atom. The van der Waals surface area contributed by atoms with Crippen LogP contribution in [0.4, 0.5) is 4.39 Å². The van der Waals surface area contributed by atoms with E-state index in [0.29, 0.717) is 6.07 Å². The van der Waals surface area contributed by atoms with E-state index in [-0.39, 0.29) is 6.54 Å². The first-order valence-electron chi connectivity index (χ1n) is 5.41. The van der Waals surface area contributed by atoms with Crippen molar-refractivity contribution in [3.8, 4) is 0 Å². The number of rotatable bonds is 5. The highest BCUT2D eigenvalue weighted by molar-refractivity contribution is 8.13. The third kappa shape index (κ3) is 4.55. The third-order valence-corrected chi connectivity index (χ3v) is 5.07. The van der Waals surface area contributed by atoms with Gasteiger partial charge in [0.05, 0.1) is 4.90 Å². The van der Waals surface area contributed by atoms with Crippen LogP contribution in [0.1, 0.15) is 13.8 Å². The standard InChI is InChI=1S/C11H13ClFNO4S2/c1-8(2)5-6-14-20(17,18)11-4-3-9(7-10(11)13)19(12,15)16/h3-5,7,14H,6H2,1-2H3. The summed E-state index contributed by atoms with van der Waals surface area (Å²) in [5.74, 6) is -1.18. The smallest absolute Gasteiger partial charge is 0.207 e. The SMILES string of the molecule is CC(C)=CCNS(=O)(=O)c1ccc(S(=O)(=O)Cl)cc1F. The molecule has 0 saturated heterocycles. The second kappa shape index (κ2) is 6.21. The van der Waals surface area contributed by atoms with Crippen molar-refractivity contribution < 1.29 is 21.2 Å². The van der Waals surface area contributed by atoms with E-state index in [1.807, 2.05) is 0 Å². The Bertz CT molecular complexity index is 738. The van der Waals surface area contributed by atoms with Gasteiger partial charge in [-0.05, 0) is 32.0 Å². The maximum Gasteiger partial charge on any atom is 0.261 e. The molecule has 20 heavy (non-hydrogen) atoms. The van der Waals surface area contributed by atoms with E-state index in [9.17, 15) is 21.2 Å². The second-order valence-corrected chi connectivity index (χ2v) is 8.46. The first-order chi connectivity index (χ1) is 9.04. The Morgan fingerprint density at radius 1 is 1.30 bits per heavy atom. The molecule has 0 atom stereocenters. The molecule has 0 fully saturated rings. The number of halogens is 2. The van der Waals surface area contributed by atoms with Gasteiger partial charge in [0.1, 0.15) is 10.7 Å². The van der Waals surface area contributed by atoms with Crippen molar-refractivity contribution in [1.29, 1.82) is 0 Å². The molecular formula is C11H13ClFNO4S2. The number of hydrogen-bond acceptors (Lipinski definition) is 4. The highest BCUT2D eigenvalue weighted by atomic mass is 35.7. The van der Waals surface area contributed by atoms with Crippen LogP contribution in [0, 0.1) is 5.82 Å². The van der Waals surface area contributed by atoms with Gasteiger partial charge < -0.3 is 0 Å². The maximum absolute atomic E-state index is 13.7. The average Bonchev–Trinajstić information content (AvgIpc) is 2.26. The van der Waals surface area contributed by atoms with Gasteiger partial charge in [-0.15, -0.1) is 0 Å². The fourth-order valence-electron chi connectivity index (χ4n) is 1.28. The Labute approximate surface area is 121 Å². The lowest BCUT2D eigenvalue weighted by Gasteiger charge is -2.07. The quantitative estimate of drug-likeness (QED) is 0.656. The molecule has 0 radical (unpaired) electrons. The second-order valence-electron chi connectivity index (χ2n) is 4.16. The molecule has 0 aliphatic carbocycles. The molecule has 0 aliphatic rings. The minimum atomic E-state index is -4.11. The van der Waals surface area contributed by atoms with E-state index in [1.54, 1.807) is 19.9 Å². The summed E-state index contributed by atoms with van der Waals surface area (Å²) in [7, 11) is -3.12. The van der Waals surface area contributed by atoms with Crippen molar-refractivity contribution >= 4 is 29.8 Å². The summed E-state index contributed by atoms with van der Waals surface area (Å²) in [5.41, 5.74) is 0.900. The van der Waals surface area contributed by atoms with Crippen LogP contribution in [0.2, 0.25) is 0 Å². The van der Waals surface area contributed by atoms with Gasteiger partial charge >= 0.3 is 0 Å². The topological polar surface area (TPSA) is 80.3 Å². The van der Waals surface area contributed by atoms with E-state index in [1.165, 1.54) is 0 Å². The molecule has 0 aliphatic heterocycles. The number of hydrogen-bond donors (Lipinski definition) is 1. The summed E-state index contributed by atoms with van der Waals surface area (Å²) in [6.07, 6.45) is 1.62. The van der Waals surface area contributed by atoms with Gasteiger partial charge in [-0.25, -0.2) is 25.9 Å². The fraction of sp³-hybridized carbons (Fsp3) is 0.273. The van der Waals surface area contributed by atoms with E-state index in [4.69, 9.17) is 10.7 Å². The zero-order chi connectivity index (χ0) is 15.6. The normalized spacial score (nSPS) is 12.2. The van der Waals surface area contributed by atoms with Crippen LogP contribution in [0.25, 0.3) is 0 Å². The van der Waals surface area contributed by atoms with Gasteiger partial charge in [-0.2, -0.15) is 0 Å². The average molecular weight is 342 g/mol. The molecule has 1 aromatic carbocycles. The number of nitrogens with one attached hydrogen (secondary N) is 1. The Kier molecular flexibility index (Phi) is 5.31. The summed E-state index contributed by atoms with van der Waals surface area (Å²) in [5, 5.41) is 0. The predicted molar refractivity (Wildman–Crippen MR) is 74.1 cm³/mol. The summed E-state index contributed by atoms with van der Waals surface area (Å²) in [6, 6.07) is 2.36. The first kappa shape index (κ1) is 17.1. The Balaban J connectivity index is 3.12. The Morgan fingerprint density at radius 3 is 2.35 bits per heavy atom. The summed E-state index contributed by atoms with van der Waals surface area (Å²) < 4.78 is 61.6. The van der Waals surface area contributed by atoms with Crippen LogP contribution in [-0.4, -0.2) is 23.4 Å². The largest absolute Gasteiger partial charge is 0.261 e. The number of allylic oxidation sites excluding steroid dienone is 1. The molecule has 0 saturated carbocycles. The molecule has 1 N–H and O–H groups in total. The summed E-state index contributed by atoms with van der Waals surface area (Å²) in [4.78, 5) is -1.14. The van der Waals surface area contributed by atoms with Crippen LogP contribution in [0.15, 0.2) is 39.6 Å².